The minimum absolute atomic E-state index is 0.388. The molecule has 0 aliphatic rings. The van der Waals surface area contributed by atoms with E-state index in [-0.39, 0.29) is 0 Å². The fourth-order valence-corrected chi connectivity index (χ4v) is 2.72. The summed E-state index contributed by atoms with van der Waals surface area (Å²) in [5.74, 6) is 0.890. The zero-order valence-corrected chi connectivity index (χ0v) is 8.75. The van der Waals surface area contributed by atoms with Crippen LogP contribution in [0.4, 0.5) is 0 Å². The van der Waals surface area contributed by atoms with Crippen molar-refractivity contribution in [3.8, 4) is 5.75 Å². The zero-order chi connectivity index (χ0) is 9.42. The number of aryl methyl sites for hydroxylation is 1. The van der Waals surface area contributed by atoms with Gasteiger partial charge in [0.15, 0.2) is 0 Å². The predicted molar refractivity (Wildman–Crippen MR) is 57.8 cm³/mol. The largest absolute Gasteiger partial charge is 0.506 e. The number of hydrogen-bond acceptors (Lipinski definition) is 2. The lowest BCUT2D eigenvalue weighted by molar-refractivity contribution is 0.478. The van der Waals surface area contributed by atoms with Gasteiger partial charge in [-0.15, -0.1) is 22.9 Å². The van der Waals surface area contributed by atoms with Crippen molar-refractivity contribution in [2.24, 2.45) is 0 Å². The highest BCUT2D eigenvalue weighted by Crippen LogP contribution is 2.35. The van der Waals surface area contributed by atoms with Crippen LogP contribution in [0, 0.1) is 6.92 Å². The summed E-state index contributed by atoms with van der Waals surface area (Å²) in [6.07, 6.45) is 0. The van der Waals surface area contributed by atoms with E-state index >= 15 is 0 Å². The van der Waals surface area contributed by atoms with Gasteiger partial charge in [0.05, 0.1) is 4.70 Å². The lowest BCUT2D eigenvalue weighted by Gasteiger charge is -1.99. The molecule has 2 aromatic rings. The molecule has 1 N–H and O–H groups in total. The number of thiophene rings is 1. The minimum Gasteiger partial charge on any atom is -0.506 e. The molecule has 0 saturated heterocycles. The van der Waals surface area contributed by atoms with E-state index < -0.39 is 0 Å². The first-order chi connectivity index (χ1) is 6.24. The van der Waals surface area contributed by atoms with E-state index in [0.29, 0.717) is 11.6 Å². The molecule has 1 nitrogen and oxygen atoms in total. The molecule has 0 fully saturated rings. The fraction of sp³-hybridized carbons (Fsp3) is 0.200. The maximum absolute atomic E-state index is 9.73. The van der Waals surface area contributed by atoms with E-state index in [9.17, 15) is 5.11 Å². The SMILES string of the molecule is Cc1ccc2c(CCl)csc2c1O. The van der Waals surface area contributed by atoms with Gasteiger partial charge in [-0.2, -0.15) is 0 Å². The first kappa shape index (κ1) is 8.85. The summed E-state index contributed by atoms with van der Waals surface area (Å²) in [5, 5.41) is 12.8. The number of benzene rings is 1. The molecule has 0 amide bonds. The van der Waals surface area contributed by atoms with Crippen molar-refractivity contribution in [2.75, 3.05) is 0 Å². The average Bonchev–Trinajstić information content (AvgIpc) is 2.55. The molecule has 0 unspecified atom stereocenters. The monoisotopic (exact) mass is 212 g/mol. The van der Waals surface area contributed by atoms with Crippen LogP contribution in [0.3, 0.4) is 0 Å². The van der Waals surface area contributed by atoms with Crippen LogP contribution in [0.2, 0.25) is 0 Å². The predicted octanol–water partition coefficient (Wildman–Crippen LogP) is 3.65. The lowest BCUT2D eigenvalue weighted by Crippen LogP contribution is -1.76. The van der Waals surface area contributed by atoms with Crippen molar-refractivity contribution in [2.45, 2.75) is 12.8 Å². The first-order valence-corrected chi connectivity index (χ1v) is 5.40. The highest BCUT2D eigenvalue weighted by Gasteiger charge is 2.08. The van der Waals surface area contributed by atoms with Crippen LogP contribution in [-0.2, 0) is 5.88 Å². The molecule has 0 aliphatic heterocycles. The molecular formula is C10H9ClOS. The zero-order valence-electron chi connectivity index (χ0n) is 7.17. The second-order valence-corrected chi connectivity index (χ2v) is 4.15. The summed E-state index contributed by atoms with van der Waals surface area (Å²) < 4.78 is 0.940. The Kier molecular flexibility index (Phi) is 2.18. The molecule has 0 atom stereocenters. The summed E-state index contributed by atoms with van der Waals surface area (Å²) in [6, 6.07) is 3.93. The second-order valence-electron chi connectivity index (χ2n) is 3.00. The van der Waals surface area contributed by atoms with Crippen molar-refractivity contribution in [3.63, 3.8) is 0 Å². The Bertz CT molecular complexity index is 447. The van der Waals surface area contributed by atoms with Gasteiger partial charge in [-0.25, -0.2) is 0 Å². The van der Waals surface area contributed by atoms with Crippen molar-refractivity contribution in [1.29, 1.82) is 0 Å². The van der Waals surface area contributed by atoms with Crippen molar-refractivity contribution >= 4 is 33.0 Å². The number of hydrogen-bond donors (Lipinski definition) is 1. The van der Waals surface area contributed by atoms with Gasteiger partial charge in [0.1, 0.15) is 5.75 Å². The number of phenols is 1. The van der Waals surface area contributed by atoms with Gasteiger partial charge in [0.25, 0.3) is 0 Å². The van der Waals surface area contributed by atoms with Gasteiger partial charge >= 0.3 is 0 Å². The third kappa shape index (κ3) is 1.30. The van der Waals surface area contributed by atoms with Gasteiger partial charge in [-0.1, -0.05) is 12.1 Å². The Morgan fingerprint density at radius 3 is 2.92 bits per heavy atom. The Morgan fingerprint density at radius 2 is 2.23 bits per heavy atom. The van der Waals surface area contributed by atoms with Crippen molar-refractivity contribution in [3.05, 3.63) is 28.6 Å². The molecule has 3 heteroatoms. The summed E-state index contributed by atoms with van der Waals surface area (Å²) in [4.78, 5) is 0. The lowest BCUT2D eigenvalue weighted by atomic mass is 10.1. The van der Waals surface area contributed by atoms with Crippen molar-refractivity contribution < 1.29 is 5.11 Å². The second kappa shape index (κ2) is 3.20. The molecule has 1 aromatic heterocycles. The Morgan fingerprint density at radius 1 is 1.46 bits per heavy atom. The fourth-order valence-electron chi connectivity index (χ4n) is 1.34. The van der Waals surface area contributed by atoms with Crippen LogP contribution in [0.1, 0.15) is 11.1 Å². The van der Waals surface area contributed by atoms with Crippen LogP contribution in [0.15, 0.2) is 17.5 Å². The number of rotatable bonds is 1. The number of phenolic OH excluding ortho intramolecular Hbond substituents is 1. The van der Waals surface area contributed by atoms with Crippen LogP contribution >= 0.6 is 22.9 Å². The molecule has 0 saturated carbocycles. The average molecular weight is 213 g/mol. The molecular weight excluding hydrogens is 204 g/mol. The number of aromatic hydroxyl groups is 1. The van der Waals surface area contributed by atoms with Gasteiger partial charge in [-0.3, -0.25) is 0 Å². The first-order valence-electron chi connectivity index (χ1n) is 3.98. The molecule has 2 rings (SSSR count). The molecule has 0 radical (unpaired) electrons. The molecule has 13 heavy (non-hydrogen) atoms. The quantitative estimate of drug-likeness (QED) is 0.716. The van der Waals surface area contributed by atoms with E-state index in [1.165, 1.54) is 0 Å². The maximum atomic E-state index is 9.73. The molecule has 1 heterocycles. The molecule has 0 bridgehead atoms. The molecule has 1 aromatic carbocycles. The minimum atomic E-state index is 0.388. The highest BCUT2D eigenvalue weighted by atomic mass is 35.5. The number of halogens is 1. The van der Waals surface area contributed by atoms with Crippen molar-refractivity contribution in [1.82, 2.24) is 0 Å². The smallest absolute Gasteiger partial charge is 0.136 e. The normalized spacial score (nSPS) is 10.9. The summed E-state index contributed by atoms with van der Waals surface area (Å²) in [7, 11) is 0. The Balaban J connectivity index is 2.81. The Labute approximate surface area is 85.6 Å². The van der Waals surface area contributed by atoms with E-state index in [2.05, 4.69) is 0 Å². The van der Waals surface area contributed by atoms with Crippen LogP contribution in [0.25, 0.3) is 10.1 Å². The standard InChI is InChI=1S/C10H9ClOS/c1-6-2-3-8-7(4-11)5-13-10(8)9(6)12/h2-3,5,12H,4H2,1H3. The number of fused-ring (bicyclic) bond motifs is 1. The van der Waals surface area contributed by atoms with Crippen LogP contribution < -0.4 is 0 Å². The van der Waals surface area contributed by atoms with Gasteiger partial charge in [0, 0.05) is 11.3 Å². The summed E-state index contributed by atoms with van der Waals surface area (Å²) in [5.41, 5.74) is 2.01. The van der Waals surface area contributed by atoms with Crippen LogP contribution in [0.5, 0.6) is 5.75 Å². The van der Waals surface area contributed by atoms with E-state index in [4.69, 9.17) is 11.6 Å². The van der Waals surface area contributed by atoms with E-state index in [1.807, 2.05) is 24.4 Å². The summed E-state index contributed by atoms with van der Waals surface area (Å²) in [6.45, 7) is 1.90. The third-order valence-electron chi connectivity index (χ3n) is 2.14. The van der Waals surface area contributed by atoms with Gasteiger partial charge < -0.3 is 5.11 Å². The molecule has 0 aliphatic carbocycles. The maximum Gasteiger partial charge on any atom is 0.136 e. The third-order valence-corrected chi connectivity index (χ3v) is 3.48. The summed E-state index contributed by atoms with van der Waals surface area (Å²) >= 11 is 7.31. The van der Waals surface area contributed by atoms with Gasteiger partial charge in [-0.05, 0) is 23.4 Å². The van der Waals surface area contributed by atoms with Gasteiger partial charge in [0.2, 0.25) is 0 Å². The topological polar surface area (TPSA) is 20.2 Å². The van der Waals surface area contributed by atoms with E-state index in [0.717, 1.165) is 21.2 Å². The highest BCUT2D eigenvalue weighted by molar-refractivity contribution is 7.17. The van der Waals surface area contributed by atoms with Crippen LogP contribution in [-0.4, -0.2) is 5.11 Å². The molecule has 68 valence electrons. The molecule has 0 spiro atoms. The number of alkyl halides is 1. The Hall–Kier alpha value is -0.730. The van der Waals surface area contributed by atoms with E-state index in [1.54, 1.807) is 11.3 Å².